The van der Waals surface area contributed by atoms with Crippen LogP contribution >= 0.6 is 0 Å². The summed E-state index contributed by atoms with van der Waals surface area (Å²) < 4.78 is 13.8. The van der Waals surface area contributed by atoms with Gasteiger partial charge in [0.1, 0.15) is 5.56 Å². The molecular weight excluding hydrogens is 370 g/mol. The normalized spacial score (nSPS) is 18.4. The Labute approximate surface area is 170 Å². The molecule has 0 saturated heterocycles. The molecular formula is C23H27NO5. The Morgan fingerprint density at radius 1 is 1.17 bits per heavy atom. The van der Waals surface area contributed by atoms with Gasteiger partial charge in [0.15, 0.2) is 16.9 Å². The Bertz CT molecular complexity index is 1000. The van der Waals surface area contributed by atoms with Gasteiger partial charge in [0.05, 0.1) is 18.9 Å². The van der Waals surface area contributed by atoms with Crippen LogP contribution < -0.4 is 14.9 Å². The summed E-state index contributed by atoms with van der Waals surface area (Å²) in [5.41, 5.74) is 2.04. The van der Waals surface area contributed by atoms with Crippen LogP contribution in [0.15, 0.2) is 29.2 Å². The molecule has 6 nitrogen and oxygen atoms in total. The Kier molecular flexibility index (Phi) is 5.11. The smallest absolute Gasteiger partial charge is 0.341 e. The summed E-state index contributed by atoms with van der Waals surface area (Å²) in [7, 11) is 1.61. The summed E-state index contributed by atoms with van der Waals surface area (Å²) in [6.45, 7) is 4.22. The predicted octanol–water partition coefficient (Wildman–Crippen LogP) is 4.30. The minimum Gasteiger partial charge on any atom is -0.493 e. The molecule has 1 atom stereocenters. The van der Waals surface area contributed by atoms with Crippen molar-refractivity contribution in [3.63, 3.8) is 0 Å². The van der Waals surface area contributed by atoms with E-state index in [2.05, 4.69) is 13.8 Å². The number of carboxylic acids is 1. The number of nitrogens with zero attached hydrogens (tertiary/aromatic N) is 1. The first kappa shape index (κ1) is 19.6. The molecule has 1 aromatic heterocycles. The second-order valence-electron chi connectivity index (χ2n) is 8.35. The van der Waals surface area contributed by atoms with Gasteiger partial charge in [0.25, 0.3) is 0 Å². The van der Waals surface area contributed by atoms with Gasteiger partial charge < -0.3 is 19.1 Å². The number of fused-ring (bicyclic) bond motifs is 3. The number of aromatic carboxylic acids is 1. The fourth-order valence-corrected chi connectivity index (χ4v) is 4.53. The third-order valence-corrected chi connectivity index (χ3v) is 6.13. The van der Waals surface area contributed by atoms with Crippen LogP contribution in [0.2, 0.25) is 0 Å². The molecule has 1 aliphatic carbocycles. The molecule has 0 bridgehead atoms. The average molecular weight is 397 g/mol. The third kappa shape index (κ3) is 3.52. The number of hydrogen-bond acceptors (Lipinski definition) is 4. The summed E-state index contributed by atoms with van der Waals surface area (Å²) in [5.74, 6) is 0.461. The van der Waals surface area contributed by atoms with Crippen molar-refractivity contribution in [2.24, 2.45) is 5.92 Å². The van der Waals surface area contributed by atoms with Gasteiger partial charge in [-0.05, 0) is 55.7 Å². The highest BCUT2D eigenvalue weighted by Gasteiger charge is 2.30. The van der Waals surface area contributed by atoms with Gasteiger partial charge in [0, 0.05) is 23.9 Å². The first-order chi connectivity index (χ1) is 13.9. The standard InChI is InChI=1S/C23H27NO5/c1-13(2)18-8-14-9-22(29-15-6-4-5-7-15)21(28-3)10-16(14)19-11-20(25)17(23(26)27)12-24(18)19/h9-13,15,18H,4-8H2,1-3H3,(H,26,27)/t18-/m0/s1. The van der Waals surface area contributed by atoms with E-state index in [0.717, 1.165) is 41.8 Å². The zero-order valence-electron chi connectivity index (χ0n) is 17.1. The van der Waals surface area contributed by atoms with Gasteiger partial charge in [-0.25, -0.2) is 4.79 Å². The highest BCUT2D eigenvalue weighted by atomic mass is 16.5. The number of carboxylic acid groups (broad SMARTS) is 1. The van der Waals surface area contributed by atoms with Crippen molar-refractivity contribution in [3.05, 3.63) is 45.7 Å². The molecule has 29 heavy (non-hydrogen) atoms. The Balaban J connectivity index is 1.86. The van der Waals surface area contributed by atoms with E-state index in [9.17, 15) is 14.7 Å². The van der Waals surface area contributed by atoms with Crippen LogP contribution in [0.5, 0.6) is 11.5 Å². The first-order valence-corrected chi connectivity index (χ1v) is 10.3. The van der Waals surface area contributed by atoms with Crippen molar-refractivity contribution in [2.75, 3.05) is 7.11 Å². The fraction of sp³-hybridized carbons (Fsp3) is 0.478. The van der Waals surface area contributed by atoms with Crippen LogP contribution in [0.25, 0.3) is 11.3 Å². The van der Waals surface area contributed by atoms with Crippen molar-refractivity contribution in [1.29, 1.82) is 0 Å². The number of carbonyl (C=O) groups is 1. The van der Waals surface area contributed by atoms with E-state index in [4.69, 9.17) is 9.47 Å². The number of pyridine rings is 1. The maximum Gasteiger partial charge on any atom is 0.341 e. The molecule has 154 valence electrons. The van der Waals surface area contributed by atoms with Gasteiger partial charge in [-0.1, -0.05) is 13.8 Å². The Hall–Kier alpha value is -2.76. The lowest BCUT2D eigenvalue weighted by Crippen LogP contribution is -2.28. The number of rotatable bonds is 5. The SMILES string of the molecule is COc1cc2c(cc1OC1CCCC1)C[C@@H](C(C)C)n1cc(C(=O)O)c(=O)cc1-2. The lowest BCUT2D eigenvalue weighted by molar-refractivity contribution is 0.0694. The molecule has 6 heteroatoms. The van der Waals surface area contributed by atoms with Gasteiger partial charge >= 0.3 is 5.97 Å². The van der Waals surface area contributed by atoms with Crippen LogP contribution in [-0.2, 0) is 6.42 Å². The highest BCUT2D eigenvalue weighted by molar-refractivity contribution is 5.88. The number of hydrogen-bond donors (Lipinski definition) is 1. The fourth-order valence-electron chi connectivity index (χ4n) is 4.53. The van der Waals surface area contributed by atoms with Gasteiger partial charge in [0.2, 0.25) is 0 Å². The molecule has 2 aromatic rings. The maximum atomic E-state index is 12.4. The van der Waals surface area contributed by atoms with Crippen LogP contribution in [0.1, 0.15) is 61.5 Å². The van der Waals surface area contributed by atoms with E-state index in [-0.39, 0.29) is 23.6 Å². The van der Waals surface area contributed by atoms with Crippen LogP contribution in [0, 0.1) is 5.92 Å². The minimum absolute atomic E-state index is 0.0592. The number of methoxy groups -OCH3 is 1. The molecule has 1 saturated carbocycles. The molecule has 0 radical (unpaired) electrons. The van der Waals surface area contributed by atoms with E-state index in [1.807, 2.05) is 16.7 Å². The van der Waals surface area contributed by atoms with Crippen molar-refractivity contribution in [1.82, 2.24) is 4.57 Å². The van der Waals surface area contributed by atoms with Crippen LogP contribution in [0.4, 0.5) is 0 Å². The summed E-state index contributed by atoms with van der Waals surface area (Å²) in [6.07, 6.45) is 6.96. The van der Waals surface area contributed by atoms with Crippen LogP contribution in [-0.4, -0.2) is 28.9 Å². The summed E-state index contributed by atoms with van der Waals surface area (Å²) >= 11 is 0. The molecule has 0 amide bonds. The molecule has 4 rings (SSSR count). The van der Waals surface area contributed by atoms with Gasteiger partial charge in [-0.3, -0.25) is 4.79 Å². The third-order valence-electron chi connectivity index (χ3n) is 6.13. The quantitative estimate of drug-likeness (QED) is 0.814. The monoisotopic (exact) mass is 397 g/mol. The second-order valence-corrected chi connectivity index (χ2v) is 8.35. The first-order valence-electron chi connectivity index (χ1n) is 10.3. The van der Waals surface area contributed by atoms with E-state index >= 15 is 0 Å². The lowest BCUT2D eigenvalue weighted by Gasteiger charge is -2.34. The molecule has 2 heterocycles. The number of aromatic nitrogens is 1. The largest absolute Gasteiger partial charge is 0.493 e. The molecule has 1 fully saturated rings. The number of benzene rings is 1. The van der Waals surface area contributed by atoms with E-state index in [0.29, 0.717) is 5.75 Å². The molecule has 1 aromatic carbocycles. The molecule has 1 aliphatic heterocycles. The van der Waals surface area contributed by atoms with Crippen molar-refractivity contribution < 1.29 is 19.4 Å². The van der Waals surface area contributed by atoms with Crippen LogP contribution in [0.3, 0.4) is 0 Å². The van der Waals surface area contributed by atoms with E-state index in [1.54, 1.807) is 7.11 Å². The maximum absolute atomic E-state index is 12.4. The summed E-state index contributed by atoms with van der Waals surface area (Å²) in [5, 5.41) is 9.39. The molecule has 0 spiro atoms. The number of ether oxygens (including phenoxy) is 2. The summed E-state index contributed by atoms with van der Waals surface area (Å²) in [4.78, 5) is 23.9. The van der Waals surface area contributed by atoms with Crippen molar-refractivity contribution >= 4 is 5.97 Å². The minimum atomic E-state index is -1.20. The lowest BCUT2D eigenvalue weighted by atomic mass is 9.87. The zero-order valence-corrected chi connectivity index (χ0v) is 17.1. The highest BCUT2D eigenvalue weighted by Crippen LogP contribution is 2.43. The molecule has 0 unspecified atom stereocenters. The van der Waals surface area contributed by atoms with Crippen molar-refractivity contribution in [2.45, 2.75) is 58.1 Å². The Morgan fingerprint density at radius 3 is 2.52 bits per heavy atom. The van der Waals surface area contributed by atoms with E-state index in [1.165, 1.54) is 25.1 Å². The second kappa shape index (κ2) is 7.58. The van der Waals surface area contributed by atoms with E-state index < -0.39 is 11.4 Å². The summed E-state index contributed by atoms with van der Waals surface area (Å²) in [6, 6.07) is 5.46. The average Bonchev–Trinajstić information content (AvgIpc) is 3.19. The van der Waals surface area contributed by atoms with Gasteiger partial charge in [-0.2, -0.15) is 0 Å². The zero-order chi connectivity index (χ0) is 20.7. The molecule has 1 N–H and O–H groups in total. The Morgan fingerprint density at radius 2 is 1.90 bits per heavy atom. The predicted molar refractivity (Wildman–Crippen MR) is 110 cm³/mol. The van der Waals surface area contributed by atoms with Gasteiger partial charge in [-0.15, -0.1) is 0 Å². The topological polar surface area (TPSA) is 77.8 Å². The van der Waals surface area contributed by atoms with Crippen molar-refractivity contribution in [3.8, 4) is 22.8 Å². The molecule has 2 aliphatic rings.